The van der Waals surface area contributed by atoms with Gasteiger partial charge in [-0.2, -0.15) is 0 Å². The van der Waals surface area contributed by atoms with E-state index in [4.69, 9.17) is 19.4 Å². The average Bonchev–Trinajstić information content (AvgIpc) is 4.05. The number of likely N-dealkylation sites (tertiary alicyclic amines) is 2. The zero-order valence-corrected chi connectivity index (χ0v) is 32.7. The predicted molar refractivity (Wildman–Crippen MR) is 209 cm³/mol. The van der Waals surface area contributed by atoms with E-state index in [2.05, 4.69) is 32.4 Å². The molecule has 14 heteroatoms. The van der Waals surface area contributed by atoms with E-state index in [1.54, 1.807) is 4.90 Å². The molecule has 0 unspecified atom stereocenters. The number of methoxy groups -OCH3 is 2. The molecule has 0 spiro atoms. The van der Waals surface area contributed by atoms with E-state index in [-0.39, 0.29) is 41.8 Å². The number of hydrogen-bond donors (Lipinski definition) is 4. The van der Waals surface area contributed by atoms with Crippen LogP contribution >= 0.6 is 0 Å². The van der Waals surface area contributed by atoms with Crippen LogP contribution in [0.2, 0.25) is 0 Å². The minimum atomic E-state index is -0.693. The Morgan fingerprint density at radius 3 is 2.16 bits per heavy atom. The van der Waals surface area contributed by atoms with Crippen LogP contribution in [0.25, 0.3) is 22.3 Å². The number of carbonyl (C=O) groups excluding carboxylic acids is 4. The van der Waals surface area contributed by atoms with Crippen LogP contribution in [0.5, 0.6) is 0 Å². The highest BCUT2D eigenvalue weighted by molar-refractivity contribution is 5.88. The Morgan fingerprint density at radius 1 is 0.821 bits per heavy atom. The number of hydrogen-bond acceptors (Lipinski definition) is 8. The van der Waals surface area contributed by atoms with Gasteiger partial charge in [-0.3, -0.25) is 9.59 Å². The van der Waals surface area contributed by atoms with Gasteiger partial charge < -0.3 is 39.9 Å². The second-order valence-electron chi connectivity index (χ2n) is 15.7. The summed E-state index contributed by atoms with van der Waals surface area (Å²) in [6.07, 6.45) is 5.11. The number of nitrogens with zero attached hydrogens (tertiary/aromatic N) is 4. The summed E-state index contributed by atoms with van der Waals surface area (Å²) in [6.45, 7) is 8.22. The van der Waals surface area contributed by atoms with Crippen molar-refractivity contribution in [2.24, 2.45) is 17.8 Å². The summed E-state index contributed by atoms with van der Waals surface area (Å²) in [5, 5.41) is 5.44. The third-order valence-electron chi connectivity index (χ3n) is 11.4. The summed E-state index contributed by atoms with van der Waals surface area (Å²) in [5.41, 5.74) is 4.99. The van der Waals surface area contributed by atoms with Crippen LogP contribution in [0.15, 0.2) is 48.7 Å². The maximum atomic E-state index is 13.9. The molecule has 1 saturated carbocycles. The highest BCUT2D eigenvalue weighted by Gasteiger charge is 2.51. The lowest BCUT2D eigenvalue weighted by molar-refractivity contribution is -0.139. The van der Waals surface area contributed by atoms with Gasteiger partial charge in [0.2, 0.25) is 11.8 Å². The second-order valence-corrected chi connectivity index (χ2v) is 15.7. The standard InChI is InChI=1S/C42H50N8O6/c1-23(2)34(47-41(53)55-5)39(51)49-19-7-8-33(49)37-43-22-32(46-37)27-14-11-25(12-15-27)9-10-26-13-18-30-31(20-26)45-38(44-30)36-28-16-17-29(21-28)50(36)40(52)35(24(3)4)48-42(54)56-6/h11-15,18,20,22-24,28-29,33-36H,7-8,16-17,19,21H2,1-6H3,(H,43,46)(H,44,45)(H,47,53)(H,48,54)/t28-,29+,33-,34-,35-,36-/m0/s1. The Balaban J connectivity index is 1.04. The number of alkyl carbamates (subject to hydrolysis) is 2. The van der Waals surface area contributed by atoms with Crippen LogP contribution in [0.1, 0.15) is 94.7 Å². The van der Waals surface area contributed by atoms with E-state index in [9.17, 15) is 19.2 Å². The highest BCUT2D eigenvalue weighted by atomic mass is 16.5. The van der Waals surface area contributed by atoms with Crippen molar-refractivity contribution in [2.45, 2.75) is 90.0 Å². The average molecular weight is 763 g/mol. The van der Waals surface area contributed by atoms with E-state index < -0.39 is 24.3 Å². The number of benzene rings is 2. The molecule has 2 aromatic carbocycles. The van der Waals surface area contributed by atoms with E-state index in [0.717, 1.165) is 71.3 Å². The molecule has 4 heterocycles. The van der Waals surface area contributed by atoms with Gasteiger partial charge in [-0.25, -0.2) is 19.6 Å². The predicted octanol–water partition coefficient (Wildman–Crippen LogP) is 5.83. The van der Waals surface area contributed by atoms with Gasteiger partial charge in [-0.15, -0.1) is 0 Å². The van der Waals surface area contributed by atoms with Crippen molar-refractivity contribution in [2.75, 3.05) is 20.8 Å². The van der Waals surface area contributed by atoms with Crippen molar-refractivity contribution in [3.8, 4) is 23.1 Å². The number of nitrogens with one attached hydrogen (secondary N) is 4. The molecular weight excluding hydrogens is 713 g/mol. The Labute approximate surface area is 326 Å². The number of fused-ring (bicyclic) bond motifs is 3. The molecule has 2 aromatic heterocycles. The number of aromatic amines is 2. The van der Waals surface area contributed by atoms with Gasteiger partial charge in [-0.05, 0) is 80.2 Å². The minimum Gasteiger partial charge on any atom is -0.453 e. The van der Waals surface area contributed by atoms with Crippen LogP contribution in [-0.4, -0.2) is 92.6 Å². The molecule has 4 N–H and O–H groups in total. The van der Waals surface area contributed by atoms with Crippen LogP contribution in [0.3, 0.4) is 0 Å². The van der Waals surface area contributed by atoms with Crippen molar-refractivity contribution in [3.05, 3.63) is 71.4 Å². The van der Waals surface area contributed by atoms with Gasteiger partial charge in [0.1, 0.15) is 23.7 Å². The van der Waals surface area contributed by atoms with Gasteiger partial charge in [0.15, 0.2) is 0 Å². The molecule has 2 saturated heterocycles. The minimum absolute atomic E-state index is 0.105. The summed E-state index contributed by atoms with van der Waals surface area (Å²) < 4.78 is 9.56. The Kier molecular flexibility index (Phi) is 11.0. The third-order valence-corrected chi connectivity index (χ3v) is 11.4. The van der Waals surface area contributed by atoms with Crippen LogP contribution in [-0.2, 0) is 19.1 Å². The Morgan fingerprint density at radius 2 is 1.48 bits per heavy atom. The lowest BCUT2D eigenvalue weighted by atomic mass is 9.95. The fraction of sp³-hybridized carbons (Fsp3) is 0.476. The van der Waals surface area contributed by atoms with Gasteiger partial charge in [0.25, 0.3) is 0 Å². The summed E-state index contributed by atoms with van der Waals surface area (Å²) >= 11 is 0. The number of carbonyl (C=O) groups is 4. The lowest BCUT2D eigenvalue weighted by Gasteiger charge is -2.37. The van der Waals surface area contributed by atoms with E-state index in [1.165, 1.54) is 14.2 Å². The summed E-state index contributed by atoms with van der Waals surface area (Å²) in [7, 11) is 2.59. The molecule has 4 aromatic rings. The Bertz CT molecular complexity index is 2160. The maximum absolute atomic E-state index is 13.9. The highest BCUT2D eigenvalue weighted by Crippen LogP contribution is 2.50. The number of piperidine rings is 1. The van der Waals surface area contributed by atoms with Crippen molar-refractivity contribution >= 4 is 35.0 Å². The summed E-state index contributed by atoms with van der Waals surface area (Å²) in [5.74, 6) is 7.83. The molecule has 0 radical (unpaired) electrons. The quantitative estimate of drug-likeness (QED) is 0.154. The van der Waals surface area contributed by atoms with E-state index in [0.29, 0.717) is 18.3 Å². The SMILES string of the molecule is COC(=O)N[C@H](C(=O)N1CCC[C@H]1c1nc(-c2ccc(C#Cc3ccc4[nH]c([C@@H]5[C@H]6CC[C@H](C6)N5C(=O)[C@@H](NC(=O)OC)C(C)C)nc4c3)cc2)c[nH]1)C(C)C. The molecule has 294 valence electrons. The normalized spacial score (nSPS) is 21.2. The molecule has 2 aliphatic heterocycles. The van der Waals surface area contributed by atoms with Crippen molar-refractivity contribution in [3.63, 3.8) is 0 Å². The maximum Gasteiger partial charge on any atom is 0.407 e. The third kappa shape index (κ3) is 7.67. The number of ether oxygens (including phenoxy) is 2. The summed E-state index contributed by atoms with van der Waals surface area (Å²) in [4.78, 5) is 71.8. The van der Waals surface area contributed by atoms with Crippen LogP contribution in [0, 0.1) is 29.6 Å². The fourth-order valence-electron chi connectivity index (χ4n) is 8.48. The number of imidazole rings is 2. The molecule has 14 nitrogen and oxygen atoms in total. The van der Waals surface area contributed by atoms with Crippen molar-refractivity contribution in [1.29, 1.82) is 0 Å². The molecular formula is C42H50N8O6. The Hall–Kier alpha value is -5.84. The zero-order valence-electron chi connectivity index (χ0n) is 32.7. The number of H-pyrrole nitrogens is 2. The first-order chi connectivity index (χ1) is 26.9. The molecule has 7 rings (SSSR count). The topological polar surface area (TPSA) is 175 Å². The number of amides is 4. The van der Waals surface area contributed by atoms with Gasteiger partial charge >= 0.3 is 12.2 Å². The molecule has 3 aliphatic rings. The molecule has 56 heavy (non-hydrogen) atoms. The first-order valence-electron chi connectivity index (χ1n) is 19.4. The largest absolute Gasteiger partial charge is 0.453 e. The van der Waals surface area contributed by atoms with Gasteiger partial charge in [-0.1, -0.05) is 51.7 Å². The lowest BCUT2D eigenvalue weighted by Crippen LogP contribution is -2.54. The van der Waals surface area contributed by atoms with Crippen LogP contribution < -0.4 is 10.6 Å². The van der Waals surface area contributed by atoms with Crippen molar-refractivity contribution in [1.82, 2.24) is 40.4 Å². The first kappa shape index (κ1) is 38.4. The molecule has 2 bridgehead atoms. The smallest absolute Gasteiger partial charge is 0.407 e. The number of aromatic nitrogens is 4. The molecule has 4 amide bonds. The zero-order chi connectivity index (χ0) is 39.7. The fourth-order valence-corrected chi connectivity index (χ4v) is 8.48. The molecule has 6 atom stereocenters. The van der Waals surface area contributed by atoms with Crippen molar-refractivity contribution < 1.29 is 28.7 Å². The molecule has 1 aliphatic carbocycles. The monoisotopic (exact) mass is 762 g/mol. The number of rotatable bonds is 9. The second kappa shape index (κ2) is 16.1. The van der Waals surface area contributed by atoms with Gasteiger partial charge in [0.05, 0.1) is 43.0 Å². The van der Waals surface area contributed by atoms with E-state index in [1.807, 2.05) is 81.3 Å². The molecule has 3 fully saturated rings. The van der Waals surface area contributed by atoms with Crippen LogP contribution in [0.4, 0.5) is 9.59 Å². The van der Waals surface area contributed by atoms with Gasteiger partial charge in [0, 0.05) is 35.5 Å². The first-order valence-corrected chi connectivity index (χ1v) is 19.4. The van der Waals surface area contributed by atoms with E-state index >= 15 is 0 Å². The summed E-state index contributed by atoms with van der Waals surface area (Å²) in [6, 6.07) is 12.1.